The molecule has 2 atom stereocenters. The van der Waals surface area contributed by atoms with Crippen molar-refractivity contribution in [1.82, 2.24) is 4.98 Å². The summed E-state index contributed by atoms with van der Waals surface area (Å²) in [4.78, 5) is 28.5. The van der Waals surface area contributed by atoms with Crippen molar-refractivity contribution < 1.29 is 27.9 Å². The predicted molar refractivity (Wildman–Crippen MR) is 136 cm³/mol. The molecule has 10 heteroatoms. The summed E-state index contributed by atoms with van der Waals surface area (Å²) in [6, 6.07) is 17.9. The van der Waals surface area contributed by atoms with Gasteiger partial charge < -0.3 is 19.4 Å². The number of oxazole rings is 1. The van der Waals surface area contributed by atoms with Crippen LogP contribution in [-0.4, -0.2) is 36.8 Å². The number of aliphatic carboxylic acids is 1. The fraction of sp³-hybridized carbons (Fsp3) is 0.192. The summed E-state index contributed by atoms with van der Waals surface area (Å²) in [7, 11) is 0. The number of fused-ring (bicyclic) bond motifs is 1. The molecule has 0 spiro atoms. The molecular formula is C26H24N3O6S-. The summed E-state index contributed by atoms with van der Waals surface area (Å²) in [6.45, 7) is 5.24. The van der Waals surface area contributed by atoms with Gasteiger partial charge in [-0.1, -0.05) is 44.2 Å². The number of carboxylic acids is 1. The predicted octanol–water partition coefficient (Wildman–Crippen LogP) is 4.77. The maximum atomic E-state index is 12.6. The smallest absolute Gasteiger partial charge is 0.327 e. The Morgan fingerprint density at radius 2 is 1.64 bits per heavy atom. The first-order chi connectivity index (χ1) is 17.1. The van der Waals surface area contributed by atoms with Crippen LogP contribution in [0.3, 0.4) is 0 Å². The molecule has 4 aromatic rings. The van der Waals surface area contributed by atoms with Crippen LogP contribution in [0.1, 0.15) is 30.1 Å². The van der Waals surface area contributed by atoms with E-state index in [9.17, 15) is 23.5 Å². The standard InChI is InChI=1S/C26H25N3O6S/c1-15(2)23(26(31)32)29(36(33)34)20-11-7-18(8-12-20)17-5-9-19(10-6-17)27-24(30)25-28-21-14-16(3)4-13-22(21)35-25/h4-15,23H,1-3H3,(H,27,30)(H,31,32)(H,33,34)/p-1. The molecular weight excluding hydrogens is 482 g/mol. The number of aryl methyl sites for hydroxylation is 1. The zero-order valence-electron chi connectivity index (χ0n) is 19.8. The highest BCUT2D eigenvalue weighted by Crippen LogP contribution is 2.28. The zero-order valence-corrected chi connectivity index (χ0v) is 20.6. The number of nitrogens with one attached hydrogen (secondary N) is 1. The minimum Gasteiger partial charge on any atom is -0.755 e. The first kappa shape index (κ1) is 25.1. The zero-order chi connectivity index (χ0) is 26.0. The van der Waals surface area contributed by atoms with Crippen molar-refractivity contribution in [2.45, 2.75) is 26.8 Å². The van der Waals surface area contributed by atoms with Crippen molar-refractivity contribution in [3.8, 4) is 11.1 Å². The number of hydrogen-bond acceptors (Lipinski definition) is 6. The Kier molecular flexibility index (Phi) is 7.18. The molecule has 0 saturated carbocycles. The molecule has 2 unspecified atom stereocenters. The van der Waals surface area contributed by atoms with Gasteiger partial charge in [0.25, 0.3) is 5.89 Å². The van der Waals surface area contributed by atoms with E-state index in [2.05, 4.69) is 10.3 Å². The van der Waals surface area contributed by atoms with Crippen molar-refractivity contribution in [1.29, 1.82) is 0 Å². The fourth-order valence-electron chi connectivity index (χ4n) is 3.86. The van der Waals surface area contributed by atoms with Gasteiger partial charge in [-0.3, -0.25) is 13.3 Å². The summed E-state index contributed by atoms with van der Waals surface area (Å²) in [5.41, 5.74) is 4.58. The van der Waals surface area contributed by atoms with Crippen LogP contribution in [0.25, 0.3) is 22.2 Å². The number of benzene rings is 3. The van der Waals surface area contributed by atoms with Crippen molar-refractivity contribution in [2.75, 3.05) is 9.62 Å². The summed E-state index contributed by atoms with van der Waals surface area (Å²) < 4.78 is 30.0. The monoisotopic (exact) mass is 506 g/mol. The molecule has 1 amide bonds. The van der Waals surface area contributed by atoms with Crippen LogP contribution >= 0.6 is 0 Å². The normalized spacial score (nSPS) is 12.9. The van der Waals surface area contributed by atoms with Crippen LogP contribution in [0.5, 0.6) is 0 Å². The van der Waals surface area contributed by atoms with Crippen LogP contribution in [0, 0.1) is 12.8 Å². The van der Waals surface area contributed by atoms with Gasteiger partial charge in [-0.15, -0.1) is 0 Å². The molecule has 0 aliphatic heterocycles. The molecule has 0 aliphatic carbocycles. The van der Waals surface area contributed by atoms with Crippen molar-refractivity contribution in [3.63, 3.8) is 0 Å². The van der Waals surface area contributed by atoms with Gasteiger partial charge in [0.15, 0.2) is 5.58 Å². The summed E-state index contributed by atoms with van der Waals surface area (Å²) in [5, 5.41) is 12.3. The Hall–Kier alpha value is -4.02. The van der Waals surface area contributed by atoms with Gasteiger partial charge in [-0.05, 0) is 65.9 Å². The molecule has 0 fully saturated rings. The third-order valence-electron chi connectivity index (χ3n) is 5.63. The number of anilines is 2. The number of nitrogens with zero attached hydrogens (tertiary/aromatic N) is 2. The molecule has 1 heterocycles. The molecule has 0 saturated heterocycles. The van der Waals surface area contributed by atoms with Gasteiger partial charge in [0.2, 0.25) is 0 Å². The highest BCUT2D eigenvalue weighted by Gasteiger charge is 2.30. The first-order valence-corrected chi connectivity index (χ1v) is 12.2. The van der Waals surface area contributed by atoms with Crippen LogP contribution in [0.2, 0.25) is 0 Å². The second kappa shape index (κ2) is 10.3. The highest BCUT2D eigenvalue weighted by atomic mass is 32.2. The minimum atomic E-state index is -2.76. The van der Waals surface area contributed by atoms with Crippen LogP contribution in [0.4, 0.5) is 11.4 Å². The van der Waals surface area contributed by atoms with Crippen molar-refractivity contribution in [2.24, 2.45) is 5.92 Å². The summed E-state index contributed by atoms with van der Waals surface area (Å²) in [5.74, 6) is -2.15. The van der Waals surface area contributed by atoms with Crippen LogP contribution in [0.15, 0.2) is 71.1 Å². The highest BCUT2D eigenvalue weighted by molar-refractivity contribution is 7.80. The summed E-state index contributed by atoms with van der Waals surface area (Å²) >= 11 is -2.76. The van der Waals surface area contributed by atoms with E-state index in [0.29, 0.717) is 16.8 Å². The molecule has 2 N–H and O–H groups in total. The molecule has 36 heavy (non-hydrogen) atoms. The molecule has 0 bridgehead atoms. The van der Waals surface area contributed by atoms with Gasteiger partial charge in [0, 0.05) is 22.6 Å². The van der Waals surface area contributed by atoms with Crippen LogP contribution < -0.4 is 9.62 Å². The van der Waals surface area contributed by atoms with E-state index >= 15 is 0 Å². The molecule has 0 aliphatic rings. The maximum absolute atomic E-state index is 12.6. The van der Waals surface area contributed by atoms with E-state index in [0.717, 1.165) is 21.0 Å². The molecule has 1 aromatic heterocycles. The Labute approximate surface area is 210 Å². The van der Waals surface area contributed by atoms with Crippen molar-refractivity contribution in [3.05, 3.63) is 78.2 Å². The Bertz CT molecular complexity index is 1430. The van der Waals surface area contributed by atoms with Crippen molar-refractivity contribution >= 4 is 45.6 Å². The van der Waals surface area contributed by atoms with E-state index in [1.54, 1.807) is 68.4 Å². The Morgan fingerprint density at radius 1 is 1.03 bits per heavy atom. The fourth-order valence-corrected chi connectivity index (χ4v) is 4.67. The average Bonchev–Trinajstić information content (AvgIpc) is 3.26. The minimum absolute atomic E-state index is 0.0309. The number of carbonyl (C=O) groups is 2. The lowest BCUT2D eigenvalue weighted by Crippen LogP contribution is -2.45. The molecule has 3 aromatic carbocycles. The average molecular weight is 507 g/mol. The largest absolute Gasteiger partial charge is 0.755 e. The third kappa shape index (κ3) is 5.29. The molecule has 9 nitrogen and oxygen atoms in total. The molecule has 4 rings (SSSR count). The second-order valence-corrected chi connectivity index (χ2v) is 9.47. The van der Waals surface area contributed by atoms with Gasteiger partial charge >= 0.3 is 11.9 Å². The lowest BCUT2D eigenvalue weighted by Gasteiger charge is -2.34. The number of hydrogen-bond donors (Lipinski definition) is 2. The van der Waals surface area contributed by atoms with E-state index in [-0.39, 0.29) is 11.6 Å². The van der Waals surface area contributed by atoms with Gasteiger partial charge in [0.1, 0.15) is 11.6 Å². The molecule has 0 radical (unpaired) electrons. The number of amides is 1. The lowest BCUT2D eigenvalue weighted by atomic mass is 10.0. The van der Waals surface area contributed by atoms with E-state index in [1.165, 1.54) is 0 Å². The van der Waals surface area contributed by atoms with E-state index in [1.807, 2.05) is 19.1 Å². The summed E-state index contributed by atoms with van der Waals surface area (Å²) in [6.07, 6.45) is 0. The van der Waals surface area contributed by atoms with Gasteiger partial charge in [-0.2, -0.15) is 0 Å². The number of rotatable bonds is 8. The van der Waals surface area contributed by atoms with Gasteiger partial charge in [-0.25, -0.2) is 9.78 Å². The van der Waals surface area contributed by atoms with E-state index in [4.69, 9.17) is 4.42 Å². The maximum Gasteiger partial charge on any atom is 0.327 e. The lowest BCUT2D eigenvalue weighted by molar-refractivity contribution is -0.139. The number of carbonyl (C=O) groups excluding carboxylic acids is 1. The Morgan fingerprint density at radius 3 is 2.19 bits per heavy atom. The first-order valence-electron chi connectivity index (χ1n) is 11.1. The van der Waals surface area contributed by atoms with Crippen LogP contribution in [-0.2, 0) is 16.1 Å². The molecule has 186 valence electrons. The number of aromatic nitrogens is 1. The quantitative estimate of drug-likeness (QED) is 0.329. The SMILES string of the molecule is Cc1ccc2oc(C(=O)Nc3ccc(-c4ccc(N(C(C(=O)O)C(C)C)S(=O)[O-])cc4)cc3)nc2c1. The number of carboxylic acid groups (broad SMARTS) is 1. The van der Waals surface area contributed by atoms with E-state index < -0.39 is 35.1 Å². The Balaban J connectivity index is 1.49. The second-order valence-electron chi connectivity index (χ2n) is 8.64. The van der Waals surface area contributed by atoms with Gasteiger partial charge in [0.05, 0.1) is 0 Å². The third-order valence-corrected chi connectivity index (χ3v) is 6.39. The topological polar surface area (TPSA) is 136 Å².